The van der Waals surface area contributed by atoms with Crippen molar-refractivity contribution in [1.29, 1.82) is 0 Å². The summed E-state index contributed by atoms with van der Waals surface area (Å²) in [4.78, 5) is 0. The molecule has 1 N–H and O–H groups in total. The molecule has 0 spiro atoms. The van der Waals surface area contributed by atoms with Gasteiger partial charge in [-0.1, -0.05) is 6.08 Å². The molecule has 0 aromatic heterocycles. The summed E-state index contributed by atoms with van der Waals surface area (Å²) in [6.07, 6.45) is 1.66. The summed E-state index contributed by atoms with van der Waals surface area (Å²) >= 11 is 0. The molecule has 0 radical (unpaired) electrons. The highest BCUT2D eigenvalue weighted by atomic mass is 16.8. The monoisotopic (exact) mass is 186 g/mol. The lowest BCUT2D eigenvalue weighted by Gasteiger charge is -2.18. The predicted octanol–water partition coefficient (Wildman–Crippen LogP) is 1.46. The van der Waals surface area contributed by atoms with Crippen LogP contribution >= 0.6 is 0 Å². The Labute approximate surface area is 79.3 Å². The second-order valence-electron chi connectivity index (χ2n) is 3.90. The Morgan fingerprint density at radius 1 is 1.54 bits per heavy atom. The zero-order chi connectivity index (χ0) is 10.1. The van der Waals surface area contributed by atoms with Crippen LogP contribution in [0.3, 0.4) is 0 Å². The van der Waals surface area contributed by atoms with Crippen LogP contribution in [0.5, 0.6) is 0 Å². The van der Waals surface area contributed by atoms with Crippen LogP contribution < -0.4 is 0 Å². The van der Waals surface area contributed by atoms with Crippen molar-refractivity contribution in [3.05, 3.63) is 12.7 Å². The number of ether oxygens (including phenoxy) is 2. The Morgan fingerprint density at radius 3 is 2.62 bits per heavy atom. The van der Waals surface area contributed by atoms with Crippen LogP contribution in [-0.2, 0) is 9.47 Å². The molecule has 3 atom stereocenters. The van der Waals surface area contributed by atoms with Crippen molar-refractivity contribution in [1.82, 2.24) is 0 Å². The van der Waals surface area contributed by atoms with Crippen molar-refractivity contribution in [3.8, 4) is 0 Å². The molecule has 1 saturated heterocycles. The number of rotatable bonds is 3. The standard InChI is InChI=1S/C10H18O3/c1-5-6-8-9(7(2)11)13-10(3,4)12-8/h5,7-9,11H,1,6H2,2-4H3. The highest BCUT2D eigenvalue weighted by Gasteiger charge is 2.42. The zero-order valence-electron chi connectivity index (χ0n) is 8.49. The van der Waals surface area contributed by atoms with Gasteiger partial charge in [-0.15, -0.1) is 6.58 Å². The second kappa shape index (κ2) is 3.78. The number of hydrogen-bond acceptors (Lipinski definition) is 3. The average Bonchev–Trinajstić information content (AvgIpc) is 2.26. The molecule has 0 aromatic carbocycles. The van der Waals surface area contributed by atoms with Crippen LogP contribution in [0, 0.1) is 0 Å². The predicted molar refractivity (Wildman–Crippen MR) is 50.3 cm³/mol. The molecule has 0 aromatic rings. The van der Waals surface area contributed by atoms with Crippen molar-refractivity contribution in [2.45, 2.75) is 51.3 Å². The van der Waals surface area contributed by atoms with E-state index in [-0.39, 0.29) is 12.2 Å². The summed E-state index contributed by atoms with van der Waals surface area (Å²) in [6, 6.07) is 0. The molecule has 76 valence electrons. The van der Waals surface area contributed by atoms with Gasteiger partial charge in [-0.25, -0.2) is 0 Å². The fourth-order valence-corrected chi connectivity index (χ4v) is 1.62. The Bertz CT molecular complexity index is 187. The maximum Gasteiger partial charge on any atom is 0.163 e. The van der Waals surface area contributed by atoms with E-state index in [1.54, 1.807) is 13.0 Å². The first-order valence-corrected chi connectivity index (χ1v) is 4.61. The molecule has 1 aliphatic heterocycles. The Kier molecular flexibility index (Phi) is 3.11. The van der Waals surface area contributed by atoms with Crippen LogP contribution in [-0.4, -0.2) is 29.2 Å². The Morgan fingerprint density at radius 2 is 2.15 bits per heavy atom. The zero-order valence-corrected chi connectivity index (χ0v) is 8.49. The molecule has 3 unspecified atom stereocenters. The first kappa shape index (κ1) is 10.7. The summed E-state index contributed by atoms with van der Waals surface area (Å²) < 4.78 is 11.2. The van der Waals surface area contributed by atoms with Crippen molar-refractivity contribution >= 4 is 0 Å². The summed E-state index contributed by atoms with van der Waals surface area (Å²) in [7, 11) is 0. The van der Waals surface area contributed by atoms with Gasteiger partial charge >= 0.3 is 0 Å². The molecule has 1 heterocycles. The van der Waals surface area contributed by atoms with E-state index in [2.05, 4.69) is 6.58 Å². The van der Waals surface area contributed by atoms with E-state index >= 15 is 0 Å². The van der Waals surface area contributed by atoms with Gasteiger partial charge in [0.05, 0.1) is 12.2 Å². The second-order valence-corrected chi connectivity index (χ2v) is 3.90. The third-order valence-electron chi connectivity index (χ3n) is 2.10. The van der Waals surface area contributed by atoms with E-state index in [4.69, 9.17) is 9.47 Å². The van der Waals surface area contributed by atoms with Gasteiger partial charge in [0.1, 0.15) is 6.10 Å². The molecule has 1 aliphatic rings. The maximum atomic E-state index is 9.44. The normalized spacial score (nSPS) is 34.5. The van der Waals surface area contributed by atoms with Crippen LogP contribution in [0.1, 0.15) is 27.2 Å². The largest absolute Gasteiger partial charge is 0.391 e. The van der Waals surface area contributed by atoms with Crippen molar-refractivity contribution in [3.63, 3.8) is 0 Å². The topological polar surface area (TPSA) is 38.7 Å². The van der Waals surface area contributed by atoms with E-state index in [0.29, 0.717) is 6.42 Å². The highest BCUT2D eigenvalue weighted by molar-refractivity contribution is 4.88. The molecular formula is C10H18O3. The lowest BCUT2D eigenvalue weighted by atomic mass is 10.1. The van der Waals surface area contributed by atoms with Crippen LogP contribution in [0.15, 0.2) is 12.7 Å². The van der Waals surface area contributed by atoms with Gasteiger partial charge in [0.15, 0.2) is 5.79 Å². The molecule has 0 amide bonds. The molecule has 3 nitrogen and oxygen atoms in total. The minimum atomic E-state index is -0.588. The average molecular weight is 186 g/mol. The SMILES string of the molecule is C=CCC1OC(C)(C)OC1C(C)O. The quantitative estimate of drug-likeness (QED) is 0.678. The van der Waals surface area contributed by atoms with Gasteiger partial charge in [-0.05, 0) is 27.2 Å². The third-order valence-corrected chi connectivity index (χ3v) is 2.10. The first-order chi connectivity index (χ1) is 5.96. The Hall–Kier alpha value is -0.380. The molecule has 3 heteroatoms. The van der Waals surface area contributed by atoms with Crippen LogP contribution in [0.2, 0.25) is 0 Å². The fraction of sp³-hybridized carbons (Fsp3) is 0.800. The van der Waals surface area contributed by atoms with Gasteiger partial charge in [0, 0.05) is 0 Å². The third kappa shape index (κ3) is 2.53. The fourth-order valence-electron chi connectivity index (χ4n) is 1.62. The van der Waals surface area contributed by atoms with Crippen LogP contribution in [0.4, 0.5) is 0 Å². The Balaban J connectivity index is 2.65. The van der Waals surface area contributed by atoms with Gasteiger partial charge in [-0.2, -0.15) is 0 Å². The lowest BCUT2D eigenvalue weighted by molar-refractivity contribution is -0.153. The van der Waals surface area contributed by atoms with E-state index in [1.807, 2.05) is 13.8 Å². The van der Waals surface area contributed by atoms with Gasteiger partial charge in [0.2, 0.25) is 0 Å². The number of aliphatic hydroxyl groups is 1. The molecule has 0 bridgehead atoms. The molecule has 1 fully saturated rings. The summed E-state index contributed by atoms with van der Waals surface area (Å²) in [5, 5.41) is 9.44. The van der Waals surface area contributed by atoms with E-state index in [1.165, 1.54) is 0 Å². The van der Waals surface area contributed by atoms with E-state index in [0.717, 1.165) is 0 Å². The van der Waals surface area contributed by atoms with E-state index < -0.39 is 11.9 Å². The highest BCUT2D eigenvalue weighted by Crippen LogP contribution is 2.31. The molecule has 0 aliphatic carbocycles. The first-order valence-electron chi connectivity index (χ1n) is 4.61. The number of aliphatic hydroxyl groups excluding tert-OH is 1. The van der Waals surface area contributed by atoms with Gasteiger partial charge in [-0.3, -0.25) is 0 Å². The van der Waals surface area contributed by atoms with Gasteiger partial charge in [0.25, 0.3) is 0 Å². The lowest BCUT2D eigenvalue weighted by Crippen LogP contribution is -2.32. The number of hydrogen-bond donors (Lipinski definition) is 1. The van der Waals surface area contributed by atoms with Crippen molar-refractivity contribution < 1.29 is 14.6 Å². The maximum absolute atomic E-state index is 9.44. The summed E-state index contributed by atoms with van der Waals surface area (Å²) in [6.45, 7) is 9.07. The molecule has 13 heavy (non-hydrogen) atoms. The molecule has 0 saturated carbocycles. The minimum absolute atomic E-state index is 0.0764. The van der Waals surface area contributed by atoms with Crippen molar-refractivity contribution in [2.24, 2.45) is 0 Å². The van der Waals surface area contributed by atoms with Crippen LogP contribution in [0.25, 0.3) is 0 Å². The summed E-state index contributed by atoms with van der Waals surface area (Å²) in [5.74, 6) is -0.588. The van der Waals surface area contributed by atoms with Gasteiger partial charge < -0.3 is 14.6 Å². The van der Waals surface area contributed by atoms with E-state index in [9.17, 15) is 5.11 Å². The summed E-state index contributed by atoms with van der Waals surface area (Å²) in [5.41, 5.74) is 0. The molecular weight excluding hydrogens is 168 g/mol. The minimum Gasteiger partial charge on any atom is -0.391 e. The van der Waals surface area contributed by atoms with Crippen molar-refractivity contribution in [2.75, 3.05) is 0 Å². The molecule has 1 rings (SSSR count). The smallest absolute Gasteiger partial charge is 0.163 e.